The van der Waals surface area contributed by atoms with Gasteiger partial charge in [0.05, 0.1) is 12.8 Å². The summed E-state index contributed by atoms with van der Waals surface area (Å²) >= 11 is 0. The normalized spacial score (nSPS) is 24.4. The molecule has 1 aromatic rings. The molecule has 0 aliphatic heterocycles. The van der Waals surface area contributed by atoms with E-state index in [1.165, 1.54) is 19.3 Å². The molecule has 1 aliphatic rings. The van der Waals surface area contributed by atoms with Gasteiger partial charge in [-0.1, -0.05) is 18.6 Å². The average Bonchev–Trinajstić information content (AvgIpc) is 2.37. The number of para-hydroxylation sites is 2. The van der Waals surface area contributed by atoms with Gasteiger partial charge < -0.3 is 15.8 Å². The average molecular weight is 234 g/mol. The Balaban J connectivity index is 1.88. The van der Waals surface area contributed by atoms with Crippen LogP contribution in [0.4, 0.5) is 5.69 Å². The summed E-state index contributed by atoms with van der Waals surface area (Å²) in [6.45, 7) is 0.994. The predicted molar refractivity (Wildman–Crippen MR) is 71.4 cm³/mol. The second-order valence-electron chi connectivity index (χ2n) is 4.87. The minimum atomic E-state index is 0.396. The number of ether oxygens (including phenoxy) is 1. The van der Waals surface area contributed by atoms with Gasteiger partial charge in [-0.25, -0.2) is 0 Å². The van der Waals surface area contributed by atoms with Crippen molar-refractivity contribution in [3.63, 3.8) is 0 Å². The van der Waals surface area contributed by atoms with Crippen LogP contribution < -0.4 is 15.8 Å². The predicted octanol–water partition coefficient (Wildman–Crippen LogP) is 2.62. The van der Waals surface area contributed by atoms with Crippen LogP contribution >= 0.6 is 0 Å². The first-order valence-corrected chi connectivity index (χ1v) is 6.42. The Morgan fingerprint density at radius 1 is 1.35 bits per heavy atom. The number of benzene rings is 1. The van der Waals surface area contributed by atoms with E-state index in [-0.39, 0.29) is 0 Å². The Hall–Kier alpha value is -1.22. The monoisotopic (exact) mass is 234 g/mol. The van der Waals surface area contributed by atoms with Crippen molar-refractivity contribution in [2.24, 2.45) is 11.7 Å². The van der Waals surface area contributed by atoms with Gasteiger partial charge in [0.1, 0.15) is 5.75 Å². The van der Waals surface area contributed by atoms with Crippen LogP contribution in [0.15, 0.2) is 24.3 Å². The molecule has 1 saturated carbocycles. The number of hydrogen-bond donors (Lipinski definition) is 2. The SMILES string of the molecule is COc1ccccc1NCC1CCCC(N)C1. The smallest absolute Gasteiger partial charge is 0.141 e. The van der Waals surface area contributed by atoms with E-state index in [9.17, 15) is 0 Å². The van der Waals surface area contributed by atoms with Crippen molar-refractivity contribution in [3.05, 3.63) is 24.3 Å². The van der Waals surface area contributed by atoms with Crippen LogP contribution in [0.2, 0.25) is 0 Å². The van der Waals surface area contributed by atoms with E-state index in [1.807, 2.05) is 18.2 Å². The van der Waals surface area contributed by atoms with Crippen LogP contribution in [0.25, 0.3) is 0 Å². The summed E-state index contributed by atoms with van der Waals surface area (Å²) in [6.07, 6.45) is 4.88. The van der Waals surface area contributed by atoms with E-state index in [0.717, 1.165) is 24.4 Å². The van der Waals surface area contributed by atoms with Gasteiger partial charge in [0.25, 0.3) is 0 Å². The minimum Gasteiger partial charge on any atom is -0.495 e. The molecule has 17 heavy (non-hydrogen) atoms. The molecule has 0 spiro atoms. The molecule has 2 unspecified atom stereocenters. The number of rotatable bonds is 4. The third-order valence-corrected chi connectivity index (χ3v) is 3.51. The van der Waals surface area contributed by atoms with Crippen LogP contribution in [-0.2, 0) is 0 Å². The Morgan fingerprint density at radius 2 is 2.18 bits per heavy atom. The molecule has 0 radical (unpaired) electrons. The first-order chi connectivity index (χ1) is 8.29. The van der Waals surface area contributed by atoms with Gasteiger partial charge in [0.2, 0.25) is 0 Å². The molecule has 0 amide bonds. The number of hydrogen-bond acceptors (Lipinski definition) is 3. The maximum atomic E-state index is 6.00. The van der Waals surface area contributed by atoms with Crippen molar-refractivity contribution < 1.29 is 4.74 Å². The zero-order chi connectivity index (χ0) is 12.1. The Labute approximate surface area is 103 Å². The zero-order valence-electron chi connectivity index (χ0n) is 10.5. The highest BCUT2D eigenvalue weighted by Crippen LogP contribution is 2.26. The van der Waals surface area contributed by atoms with Crippen molar-refractivity contribution in [2.75, 3.05) is 19.0 Å². The maximum absolute atomic E-state index is 6.00. The van der Waals surface area contributed by atoms with Gasteiger partial charge in [-0.05, 0) is 37.3 Å². The van der Waals surface area contributed by atoms with Gasteiger partial charge in [-0.3, -0.25) is 0 Å². The molecule has 0 bridgehead atoms. The van der Waals surface area contributed by atoms with Gasteiger partial charge >= 0.3 is 0 Å². The van der Waals surface area contributed by atoms with Gasteiger partial charge in [-0.2, -0.15) is 0 Å². The van der Waals surface area contributed by atoms with Gasteiger partial charge in [-0.15, -0.1) is 0 Å². The van der Waals surface area contributed by atoms with E-state index >= 15 is 0 Å². The van der Waals surface area contributed by atoms with Crippen LogP contribution in [0.1, 0.15) is 25.7 Å². The highest BCUT2D eigenvalue weighted by molar-refractivity contribution is 5.56. The Kier molecular flexibility index (Phi) is 4.26. The topological polar surface area (TPSA) is 47.3 Å². The van der Waals surface area contributed by atoms with Crippen molar-refractivity contribution in [3.8, 4) is 5.75 Å². The van der Waals surface area contributed by atoms with E-state index < -0.39 is 0 Å². The highest BCUT2D eigenvalue weighted by Gasteiger charge is 2.19. The van der Waals surface area contributed by atoms with E-state index in [0.29, 0.717) is 12.0 Å². The number of nitrogens with two attached hydrogens (primary N) is 1. The number of nitrogens with one attached hydrogen (secondary N) is 1. The molecule has 0 heterocycles. The largest absolute Gasteiger partial charge is 0.495 e. The first-order valence-electron chi connectivity index (χ1n) is 6.42. The fourth-order valence-corrected chi connectivity index (χ4v) is 2.56. The molecule has 1 aliphatic carbocycles. The summed E-state index contributed by atoms with van der Waals surface area (Å²) < 4.78 is 5.32. The molecule has 0 aromatic heterocycles. The van der Waals surface area contributed by atoms with Crippen LogP contribution in [-0.4, -0.2) is 19.7 Å². The van der Waals surface area contributed by atoms with Crippen LogP contribution in [0.5, 0.6) is 5.75 Å². The highest BCUT2D eigenvalue weighted by atomic mass is 16.5. The fraction of sp³-hybridized carbons (Fsp3) is 0.571. The standard InChI is InChI=1S/C14H22N2O/c1-17-14-8-3-2-7-13(14)16-10-11-5-4-6-12(15)9-11/h2-3,7-8,11-12,16H,4-6,9-10,15H2,1H3. The van der Waals surface area contributed by atoms with Crippen molar-refractivity contribution >= 4 is 5.69 Å². The van der Waals surface area contributed by atoms with E-state index in [1.54, 1.807) is 7.11 Å². The summed E-state index contributed by atoms with van der Waals surface area (Å²) in [5, 5.41) is 3.47. The van der Waals surface area contributed by atoms with Crippen LogP contribution in [0.3, 0.4) is 0 Å². The first kappa shape index (κ1) is 12.2. The molecular formula is C14H22N2O. The lowest BCUT2D eigenvalue weighted by molar-refractivity contribution is 0.334. The Morgan fingerprint density at radius 3 is 2.94 bits per heavy atom. The third kappa shape index (κ3) is 3.37. The number of methoxy groups -OCH3 is 1. The second-order valence-corrected chi connectivity index (χ2v) is 4.87. The van der Waals surface area contributed by atoms with E-state index in [4.69, 9.17) is 10.5 Å². The maximum Gasteiger partial charge on any atom is 0.141 e. The second kappa shape index (κ2) is 5.92. The molecule has 1 aromatic carbocycles. The molecule has 2 rings (SSSR count). The molecule has 3 heteroatoms. The quantitative estimate of drug-likeness (QED) is 0.842. The summed E-state index contributed by atoms with van der Waals surface area (Å²) in [5.41, 5.74) is 7.08. The van der Waals surface area contributed by atoms with Crippen LogP contribution in [0, 0.1) is 5.92 Å². The summed E-state index contributed by atoms with van der Waals surface area (Å²) in [7, 11) is 1.71. The summed E-state index contributed by atoms with van der Waals surface area (Å²) in [5.74, 6) is 1.61. The lowest BCUT2D eigenvalue weighted by Crippen LogP contribution is -2.31. The molecule has 3 N–H and O–H groups in total. The fourth-order valence-electron chi connectivity index (χ4n) is 2.56. The molecule has 2 atom stereocenters. The molecule has 1 fully saturated rings. The third-order valence-electron chi connectivity index (χ3n) is 3.51. The summed E-state index contributed by atoms with van der Waals surface area (Å²) in [4.78, 5) is 0. The molecule has 0 saturated heterocycles. The van der Waals surface area contributed by atoms with Gasteiger partial charge in [0, 0.05) is 12.6 Å². The lowest BCUT2D eigenvalue weighted by atomic mass is 9.86. The summed E-state index contributed by atoms with van der Waals surface area (Å²) in [6, 6.07) is 8.45. The minimum absolute atomic E-state index is 0.396. The van der Waals surface area contributed by atoms with Crippen molar-refractivity contribution in [1.29, 1.82) is 0 Å². The number of anilines is 1. The lowest BCUT2D eigenvalue weighted by Gasteiger charge is -2.27. The van der Waals surface area contributed by atoms with Crippen molar-refractivity contribution in [1.82, 2.24) is 0 Å². The van der Waals surface area contributed by atoms with Gasteiger partial charge in [0.15, 0.2) is 0 Å². The molecular weight excluding hydrogens is 212 g/mol. The molecule has 3 nitrogen and oxygen atoms in total. The van der Waals surface area contributed by atoms with Crippen molar-refractivity contribution in [2.45, 2.75) is 31.7 Å². The zero-order valence-corrected chi connectivity index (χ0v) is 10.5. The van der Waals surface area contributed by atoms with E-state index in [2.05, 4.69) is 11.4 Å². The Bertz CT molecular complexity index is 354. The molecule has 94 valence electrons.